The van der Waals surface area contributed by atoms with Gasteiger partial charge in [0.25, 0.3) is 0 Å². The summed E-state index contributed by atoms with van der Waals surface area (Å²) in [7, 11) is 1.56. The minimum absolute atomic E-state index is 0.0869. The number of rotatable bonds is 2. The molecule has 0 heterocycles. The highest BCUT2D eigenvalue weighted by molar-refractivity contribution is 9.10. The van der Waals surface area contributed by atoms with E-state index in [2.05, 4.69) is 15.9 Å². The summed E-state index contributed by atoms with van der Waals surface area (Å²) in [5.74, 6) is 5.14. The van der Waals surface area contributed by atoms with Gasteiger partial charge in [0.1, 0.15) is 0 Å². The Morgan fingerprint density at radius 1 is 1.53 bits per heavy atom. The first-order valence-electron chi connectivity index (χ1n) is 4.71. The third kappa shape index (κ3) is 2.79. The van der Waals surface area contributed by atoms with Gasteiger partial charge in [0, 0.05) is 11.5 Å². The van der Waals surface area contributed by atoms with Gasteiger partial charge in [-0.05, 0) is 37.1 Å². The molecule has 1 aromatic rings. The predicted molar refractivity (Wildman–Crippen MR) is 64.3 cm³/mol. The maximum atomic E-state index is 11.7. The van der Waals surface area contributed by atoms with Gasteiger partial charge in [-0.15, -0.1) is 0 Å². The van der Waals surface area contributed by atoms with Crippen LogP contribution < -0.4 is 5.84 Å². The second kappa shape index (κ2) is 4.77. The topological polar surface area (TPSA) is 46.3 Å². The Balaban J connectivity index is 3.05. The minimum atomic E-state index is -0.211. The Kier molecular flexibility index (Phi) is 3.88. The molecule has 4 heteroatoms. The van der Waals surface area contributed by atoms with Crippen molar-refractivity contribution in [1.29, 1.82) is 0 Å². The van der Waals surface area contributed by atoms with E-state index in [9.17, 15) is 4.79 Å². The van der Waals surface area contributed by atoms with E-state index < -0.39 is 0 Å². The molecule has 0 aliphatic carbocycles. The number of carbonyl (C=O) groups is 1. The lowest BCUT2D eigenvalue weighted by Gasteiger charge is -2.18. The van der Waals surface area contributed by atoms with Crippen LogP contribution in [0.4, 0.5) is 0 Å². The number of halogens is 1. The molecule has 0 saturated carbocycles. The Hall–Kier alpha value is -0.870. The van der Waals surface area contributed by atoms with Crippen molar-refractivity contribution < 1.29 is 4.79 Å². The lowest BCUT2D eigenvalue weighted by atomic mass is 9.96. The molecule has 1 unspecified atom stereocenters. The van der Waals surface area contributed by atoms with E-state index in [1.54, 1.807) is 7.05 Å². The van der Waals surface area contributed by atoms with E-state index in [-0.39, 0.29) is 11.8 Å². The average molecular weight is 271 g/mol. The van der Waals surface area contributed by atoms with E-state index in [4.69, 9.17) is 5.84 Å². The van der Waals surface area contributed by atoms with E-state index in [0.29, 0.717) is 0 Å². The number of hydrogen-bond donors (Lipinski definition) is 1. The Labute approximate surface area is 98.4 Å². The van der Waals surface area contributed by atoms with Crippen LogP contribution in [-0.2, 0) is 4.79 Å². The van der Waals surface area contributed by atoms with Crippen molar-refractivity contribution in [2.45, 2.75) is 19.8 Å². The molecule has 2 N–H and O–H groups in total. The van der Waals surface area contributed by atoms with Crippen molar-refractivity contribution in [2.75, 3.05) is 7.05 Å². The quantitative estimate of drug-likeness (QED) is 0.509. The molecule has 3 nitrogen and oxygen atoms in total. The molecule has 15 heavy (non-hydrogen) atoms. The van der Waals surface area contributed by atoms with Gasteiger partial charge in [-0.1, -0.05) is 22.0 Å². The summed E-state index contributed by atoms with van der Waals surface area (Å²) in [4.78, 5) is 11.7. The second-order valence-electron chi connectivity index (χ2n) is 3.67. The summed E-state index contributed by atoms with van der Waals surface area (Å²) >= 11 is 3.39. The van der Waals surface area contributed by atoms with Crippen LogP contribution in [0.25, 0.3) is 0 Å². The number of likely N-dealkylation sites (N-methyl/N-ethyl adjacent to an activating group) is 1. The fourth-order valence-electron chi connectivity index (χ4n) is 1.52. The van der Waals surface area contributed by atoms with Crippen LogP contribution in [0, 0.1) is 6.92 Å². The van der Waals surface area contributed by atoms with Gasteiger partial charge < -0.3 is 0 Å². The molecule has 0 aliphatic rings. The van der Waals surface area contributed by atoms with Crippen molar-refractivity contribution in [2.24, 2.45) is 5.84 Å². The normalized spacial score (nSPS) is 12.3. The number of aryl methyl sites for hydroxylation is 1. The number of carbonyl (C=O) groups excluding carboxylic acids is 1. The maximum Gasteiger partial charge on any atom is 0.243 e. The van der Waals surface area contributed by atoms with Crippen LogP contribution in [0.15, 0.2) is 22.7 Å². The molecule has 1 amide bonds. The zero-order valence-corrected chi connectivity index (χ0v) is 10.7. The van der Waals surface area contributed by atoms with Crippen molar-refractivity contribution in [3.8, 4) is 0 Å². The fraction of sp³-hybridized carbons (Fsp3) is 0.364. The Morgan fingerprint density at radius 3 is 2.67 bits per heavy atom. The predicted octanol–water partition coefficient (Wildman–Crippen LogP) is 2.19. The van der Waals surface area contributed by atoms with Crippen LogP contribution in [0.2, 0.25) is 0 Å². The van der Waals surface area contributed by atoms with Gasteiger partial charge in [-0.2, -0.15) is 0 Å². The highest BCUT2D eigenvalue weighted by Crippen LogP contribution is 2.24. The van der Waals surface area contributed by atoms with Crippen LogP contribution in [0.3, 0.4) is 0 Å². The van der Waals surface area contributed by atoms with Crippen LogP contribution in [0.1, 0.15) is 24.0 Å². The number of benzene rings is 1. The first-order valence-corrected chi connectivity index (χ1v) is 5.51. The lowest BCUT2D eigenvalue weighted by Crippen LogP contribution is -2.36. The van der Waals surface area contributed by atoms with E-state index in [1.807, 2.05) is 32.0 Å². The third-order valence-corrected chi connectivity index (χ3v) is 2.92. The van der Waals surface area contributed by atoms with Crippen LogP contribution >= 0.6 is 15.9 Å². The van der Waals surface area contributed by atoms with Gasteiger partial charge in [0.15, 0.2) is 0 Å². The zero-order chi connectivity index (χ0) is 11.6. The van der Waals surface area contributed by atoms with E-state index >= 15 is 0 Å². The zero-order valence-electron chi connectivity index (χ0n) is 9.12. The number of nitrogens with zero attached hydrogens (tertiary/aromatic N) is 1. The first kappa shape index (κ1) is 12.2. The molecule has 1 rings (SSSR count). The molecule has 0 fully saturated rings. The number of nitrogens with two attached hydrogens (primary N) is 1. The smallest absolute Gasteiger partial charge is 0.243 e. The molecular weight excluding hydrogens is 256 g/mol. The molecule has 1 atom stereocenters. The highest BCUT2D eigenvalue weighted by atomic mass is 79.9. The summed E-state index contributed by atoms with van der Waals surface area (Å²) < 4.78 is 0.974. The summed E-state index contributed by atoms with van der Waals surface area (Å²) in [6.45, 7) is 3.85. The first-order chi connectivity index (χ1) is 6.93. The molecule has 0 aliphatic heterocycles. The Morgan fingerprint density at radius 2 is 2.13 bits per heavy atom. The van der Waals surface area contributed by atoms with E-state index in [0.717, 1.165) is 20.6 Å². The second-order valence-corrected chi connectivity index (χ2v) is 4.59. The Bertz CT molecular complexity index is 377. The summed E-state index contributed by atoms with van der Waals surface area (Å²) in [5, 5.41) is 1.13. The van der Waals surface area contributed by atoms with Crippen LogP contribution in [-0.4, -0.2) is 18.0 Å². The fourth-order valence-corrected chi connectivity index (χ4v) is 1.90. The van der Waals surface area contributed by atoms with Gasteiger partial charge in [0.2, 0.25) is 5.91 Å². The molecule has 0 radical (unpaired) electrons. The summed E-state index contributed by atoms with van der Waals surface area (Å²) in [6.07, 6.45) is 0. The molecule has 82 valence electrons. The van der Waals surface area contributed by atoms with Gasteiger partial charge >= 0.3 is 0 Å². The maximum absolute atomic E-state index is 11.7. The van der Waals surface area contributed by atoms with Crippen molar-refractivity contribution in [3.05, 3.63) is 33.8 Å². The summed E-state index contributed by atoms with van der Waals surface area (Å²) in [5.41, 5.74) is 2.10. The lowest BCUT2D eigenvalue weighted by molar-refractivity contribution is -0.131. The van der Waals surface area contributed by atoms with Crippen LogP contribution in [0.5, 0.6) is 0 Å². The van der Waals surface area contributed by atoms with Gasteiger partial charge in [-0.3, -0.25) is 9.80 Å². The molecular formula is C11H15BrN2O. The van der Waals surface area contributed by atoms with Crippen molar-refractivity contribution >= 4 is 21.8 Å². The molecule has 0 saturated heterocycles. The van der Waals surface area contributed by atoms with Gasteiger partial charge in [-0.25, -0.2) is 5.84 Å². The van der Waals surface area contributed by atoms with Crippen molar-refractivity contribution in [3.63, 3.8) is 0 Å². The average Bonchev–Trinajstić information content (AvgIpc) is 2.19. The van der Waals surface area contributed by atoms with E-state index in [1.165, 1.54) is 0 Å². The number of amides is 1. The van der Waals surface area contributed by atoms with Crippen molar-refractivity contribution in [1.82, 2.24) is 5.01 Å². The summed E-state index contributed by atoms with van der Waals surface area (Å²) in [6, 6.07) is 5.91. The molecule has 0 spiro atoms. The number of hydrogen-bond acceptors (Lipinski definition) is 2. The molecule has 1 aromatic carbocycles. The third-order valence-electron chi connectivity index (χ3n) is 2.43. The SMILES string of the molecule is Cc1ccc(Br)cc1C(C)C(=O)N(C)N. The highest BCUT2D eigenvalue weighted by Gasteiger charge is 2.19. The molecule has 0 aromatic heterocycles. The minimum Gasteiger partial charge on any atom is -0.283 e. The monoisotopic (exact) mass is 270 g/mol. The standard InChI is InChI=1S/C11H15BrN2O/c1-7-4-5-9(12)6-10(7)8(2)11(15)14(3)13/h4-6,8H,13H2,1-3H3. The largest absolute Gasteiger partial charge is 0.283 e. The number of hydrazine groups is 1. The van der Waals surface area contributed by atoms with Gasteiger partial charge in [0.05, 0.1) is 5.92 Å². The molecule has 0 bridgehead atoms.